The fraction of sp³-hybridized carbons (Fsp3) is 0.333. The second-order valence-electron chi connectivity index (χ2n) is 3.03. The molecule has 1 aliphatic heterocycles. The van der Waals surface area contributed by atoms with E-state index in [4.69, 9.17) is 10.6 Å². The monoisotopic (exact) mass is 164 g/mol. The van der Waals surface area contributed by atoms with E-state index in [1.165, 1.54) is 5.56 Å². The van der Waals surface area contributed by atoms with Crippen molar-refractivity contribution in [2.45, 2.75) is 19.1 Å². The summed E-state index contributed by atoms with van der Waals surface area (Å²) in [6.45, 7) is 2.07. The standard InChI is InChI=1S/C9H12N2O/c1-6-9(12-6)7-2-4-8(11-10)5-3-7/h2-6,9,11H,10H2,1H3. The Hall–Kier alpha value is -1.06. The molecule has 64 valence electrons. The summed E-state index contributed by atoms with van der Waals surface area (Å²) in [6, 6.07) is 7.96. The minimum atomic E-state index is 0.303. The molecule has 0 aromatic heterocycles. The van der Waals surface area contributed by atoms with E-state index in [9.17, 15) is 0 Å². The van der Waals surface area contributed by atoms with Gasteiger partial charge in [0.1, 0.15) is 6.10 Å². The fourth-order valence-corrected chi connectivity index (χ4v) is 1.30. The van der Waals surface area contributed by atoms with Gasteiger partial charge >= 0.3 is 0 Å². The van der Waals surface area contributed by atoms with Crippen LogP contribution in [-0.2, 0) is 4.74 Å². The van der Waals surface area contributed by atoms with Crippen molar-refractivity contribution in [3.63, 3.8) is 0 Å². The molecule has 0 bridgehead atoms. The van der Waals surface area contributed by atoms with Crippen LogP contribution in [-0.4, -0.2) is 6.10 Å². The summed E-state index contributed by atoms with van der Waals surface area (Å²) in [4.78, 5) is 0. The third-order valence-corrected chi connectivity index (χ3v) is 2.12. The highest BCUT2D eigenvalue weighted by atomic mass is 16.6. The highest BCUT2D eigenvalue weighted by Crippen LogP contribution is 2.38. The lowest BCUT2D eigenvalue weighted by Crippen LogP contribution is -2.06. The van der Waals surface area contributed by atoms with Crippen LogP contribution >= 0.6 is 0 Å². The Morgan fingerprint density at radius 3 is 2.33 bits per heavy atom. The van der Waals surface area contributed by atoms with E-state index in [2.05, 4.69) is 12.3 Å². The number of hydrogen-bond donors (Lipinski definition) is 2. The van der Waals surface area contributed by atoms with Gasteiger partial charge in [0.15, 0.2) is 0 Å². The van der Waals surface area contributed by atoms with Crippen molar-refractivity contribution in [2.75, 3.05) is 5.43 Å². The number of nitrogens with one attached hydrogen (secondary N) is 1. The van der Waals surface area contributed by atoms with Crippen LogP contribution in [0.3, 0.4) is 0 Å². The Morgan fingerprint density at radius 2 is 1.92 bits per heavy atom. The number of nitrogens with two attached hydrogens (primary N) is 1. The minimum absolute atomic E-state index is 0.303. The average Bonchev–Trinajstić information content (AvgIpc) is 2.83. The molecule has 1 aromatic rings. The van der Waals surface area contributed by atoms with Crippen LogP contribution in [0, 0.1) is 0 Å². The van der Waals surface area contributed by atoms with E-state index in [0.29, 0.717) is 12.2 Å². The van der Waals surface area contributed by atoms with Gasteiger partial charge in [-0.1, -0.05) is 12.1 Å². The Morgan fingerprint density at radius 1 is 1.33 bits per heavy atom. The second kappa shape index (κ2) is 2.77. The number of hydrogen-bond acceptors (Lipinski definition) is 3. The van der Waals surface area contributed by atoms with Crippen LogP contribution in [0.5, 0.6) is 0 Å². The third-order valence-electron chi connectivity index (χ3n) is 2.12. The number of ether oxygens (including phenoxy) is 1. The first-order chi connectivity index (χ1) is 5.81. The molecule has 1 heterocycles. The number of epoxide rings is 1. The molecule has 0 radical (unpaired) electrons. The molecule has 0 amide bonds. The summed E-state index contributed by atoms with van der Waals surface area (Å²) in [5, 5.41) is 0. The van der Waals surface area contributed by atoms with E-state index in [0.717, 1.165) is 5.69 Å². The number of benzene rings is 1. The molecule has 0 spiro atoms. The topological polar surface area (TPSA) is 50.6 Å². The highest BCUT2D eigenvalue weighted by Gasteiger charge is 2.35. The van der Waals surface area contributed by atoms with Crippen LogP contribution in [0.15, 0.2) is 24.3 Å². The van der Waals surface area contributed by atoms with Gasteiger partial charge in [-0.3, -0.25) is 5.84 Å². The number of anilines is 1. The van der Waals surface area contributed by atoms with Gasteiger partial charge in [-0.25, -0.2) is 0 Å². The van der Waals surface area contributed by atoms with Crippen molar-refractivity contribution in [1.29, 1.82) is 0 Å². The summed E-state index contributed by atoms with van der Waals surface area (Å²) in [5.41, 5.74) is 4.73. The summed E-state index contributed by atoms with van der Waals surface area (Å²) < 4.78 is 5.32. The number of nitrogen functional groups attached to an aromatic ring is 1. The van der Waals surface area contributed by atoms with Gasteiger partial charge in [-0.05, 0) is 24.6 Å². The highest BCUT2D eigenvalue weighted by molar-refractivity contribution is 5.44. The maximum absolute atomic E-state index is 5.32. The second-order valence-corrected chi connectivity index (χ2v) is 3.03. The van der Waals surface area contributed by atoms with Gasteiger partial charge in [-0.2, -0.15) is 0 Å². The van der Waals surface area contributed by atoms with Gasteiger partial charge in [0.2, 0.25) is 0 Å². The van der Waals surface area contributed by atoms with Crippen molar-refractivity contribution in [3.05, 3.63) is 29.8 Å². The summed E-state index contributed by atoms with van der Waals surface area (Å²) in [7, 11) is 0. The molecule has 1 fully saturated rings. The van der Waals surface area contributed by atoms with Crippen LogP contribution in [0.4, 0.5) is 5.69 Å². The molecule has 2 unspecified atom stereocenters. The fourth-order valence-electron chi connectivity index (χ4n) is 1.30. The van der Waals surface area contributed by atoms with Crippen LogP contribution < -0.4 is 11.3 Å². The van der Waals surface area contributed by atoms with Gasteiger partial charge < -0.3 is 10.2 Å². The zero-order valence-corrected chi connectivity index (χ0v) is 6.95. The smallest absolute Gasteiger partial charge is 0.109 e. The van der Waals surface area contributed by atoms with Crippen molar-refractivity contribution in [3.8, 4) is 0 Å². The molecule has 1 aliphatic rings. The largest absolute Gasteiger partial charge is 0.365 e. The Balaban J connectivity index is 2.14. The molecular weight excluding hydrogens is 152 g/mol. The van der Waals surface area contributed by atoms with E-state index in [-0.39, 0.29) is 0 Å². The molecule has 1 saturated heterocycles. The number of hydrazine groups is 1. The average molecular weight is 164 g/mol. The molecule has 0 aliphatic carbocycles. The van der Waals surface area contributed by atoms with Gasteiger partial charge in [0.25, 0.3) is 0 Å². The van der Waals surface area contributed by atoms with Crippen LogP contribution in [0.25, 0.3) is 0 Å². The lowest BCUT2D eigenvalue weighted by Gasteiger charge is -1.99. The van der Waals surface area contributed by atoms with Crippen molar-refractivity contribution in [1.82, 2.24) is 0 Å². The lowest BCUT2D eigenvalue weighted by atomic mass is 10.1. The molecule has 3 nitrogen and oxygen atoms in total. The van der Waals surface area contributed by atoms with Gasteiger partial charge in [0, 0.05) is 5.69 Å². The van der Waals surface area contributed by atoms with E-state index < -0.39 is 0 Å². The van der Waals surface area contributed by atoms with E-state index in [1.54, 1.807) is 0 Å². The van der Waals surface area contributed by atoms with Crippen LogP contribution in [0.2, 0.25) is 0 Å². The normalized spacial score (nSPS) is 26.8. The zero-order valence-electron chi connectivity index (χ0n) is 6.95. The Kier molecular flexibility index (Phi) is 1.75. The first kappa shape index (κ1) is 7.58. The lowest BCUT2D eigenvalue weighted by molar-refractivity contribution is 0.383. The molecular formula is C9H12N2O. The predicted octanol–water partition coefficient (Wildman–Crippen LogP) is 1.43. The Labute approximate surface area is 71.5 Å². The molecule has 2 atom stereocenters. The third kappa shape index (κ3) is 1.29. The quantitative estimate of drug-likeness (QED) is 0.395. The number of rotatable bonds is 2. The molecule has 3 N–H and O–H groups in total. The zero-order chi connectivity index (χ0) is 8.55. The minimum Gasteiger partial charge on any atom is -0.365 e. The van der Waals surface area contributed by atoms with E-state index >= 15 is 0 Å². The molecule has 3 heteroatoms. The molecule has 0 saturated carbocycles. The van der Waals surface area contributed by atoms with Gasteiger partial charge in [-0.15, -0.1) is 0 Å². The van der Waals surface area contributed by atoms with Crippen molar-refractivity contribution < 1.29 is 4.74 Å². The summed E-state index contributed by atoms with van der Waals surface area (Å²) in [5.74, 6) is 5.24. The molecule has 12 heavy (non-hydrogen) atoms. The maximum atomic E-state index is 5.32. The SMILES string of the molecule is CC1OC1c1ccc(NN)cc1. The van der Waals surface area contributed by atoms with Crippen molar-refractivity contribution in [2.24, 2.45) is 5.84 Å². The molecule has 1 aromatic carbocycles. The molecule has 2 rings (SSSR count). The van der Waals surface area contributed by atoms with Crippen molar-refractivity contribution >= 4 is 5.69 Å². The summed E-state index contributed by atoms with van der Waals surface area (Å²) >= 11 is 0. The van der Waals surface area contributed by atoms with E-state index in [1.807, 2.05) is 24.3 Å². The summed E-state index contributed by atoms with van der Waals surface area (Å²) in [6.07, 6.45) is 0.679. The first-order valence-electron chi connectivity index (χ1n) is 4.03. The van der Waals surface area contributed by atoms with Gasteiger partial charge in [0.05, 0.1) is 6.10 Å². The Bertz CT molecular complexity index is 270. The first-order valence-corrected chi connectivity index (χ1v) is 4.03. The maximum Gasteiger partial charge on any atom is 0.109 e. The van der Waals surface area contributed by atoms with Crippen LogP contribution in [0.1, 0.15) is 18.6 Å². The predicted molar refractivity (Wildman–Crippen MR) is 47.5 cm³/mol.